The number of amides is 1. The predicted octanol–water partition coefficient (Wildman–Crippen LogP) is 3.28. The zero-order valence-electron chi connectivity index (χ0n) is 13.2. The minimum absolute atomic E-state index is 0.0901. The van der Waals surface area contributed by atoms with Crippen LogP contribution in [0, 0.1) is 5.82 Å². The molecule has 1 aliphatic carbocycles. The summed E-state index contributed by atoms with van der Waals surface area (Å²) in [5.41, 5.74) is 8.16. The zero-order chi connectivity index (χ0) is 16.9. The number of hydrogen-bond donors (Lipinski definition) is 2. The van der Waals surface area contributed by atoms with Gasteiger partial charge in [-0.25, -0.2) is 4.39 Å². The molecule has 2 aromatic carbocycles. The van der Waals surface area contributed by atoms with E-state index < -0.39 is 0 Å². The minimum atomic E-state index is -0.278. The lowest BCUT2D eigenvalue weighted by Gasteiger charge is -2.09. The summed E-state index contributed by atoms with van der Waals surface area (Å²) in [6.45, 7) is 0.309. The van der Waals surface area contributed by atoms with E-state index in [1.54, 1.807) is 30.3 Å². The quantitative estimate of drug-likeness (QED) is 0.632. The van der Waals surface area contributed by atoms with Crippen molar-refractivity contribution in [3.63, 3.8) is 0 Å². The van der Waals surface area contributed by atoms with E-state index in [0.717, 1.165) is 24.0 Å². The first kappa shape index (κ1) is 16.1. The van der Waals surface area contributed by atoms with Gasteiger partial charge in [-0.2, -0.15) is 0 Å². The molecule has 0 saturated heterocycles. The van der Waals surface area contributed by atoms with Crippen molar-refractivity contribution in [2.75, 3.05) is 5.73 Å². The zero-order valence-corrected chi connectivity index (χ0v) is 13.2. The first-order chi connectivity index (χ1) is 11.6. The second kappa shape index (κ2) is 7.17. The maximum atomic E-state index is 12.9. The van der Waals surface area contributed by atoms with E-state index in [9.17, 15) is 9.18 Å². The summed E-state index contributed by atoms with van der Waals surface area (Å²) < 4.78 is 18.5. The third-order valence-corrected chi connectivity index (χ3v) is 3.69. The fourth-order valence-corrected chi connectivity index (χ4v) is 2.19. The largest absolute Gasteiger partial charge is 0.487 e. The van der Waals surface area contributed by atoms with Gasteiger partial charge >= 0.3 is 0 Å². The van der Waals surface area contributed by atoms with Crippen LogP contribution >= 0.6 is 0 Å². The van der Waals surface area contributed by atoms with Crippen molar-refractivity contribution in [1.29, 1.82) is 0 Å². The van der Waals surface area contributed by atoms with Crippen LogP contribution in [-0.2, 0) is 11.4 Å². The molecule has 24 heavy (non-hydrogen) atoms. The summed E-state index contributed by atoms with van der Waals surface area (Å²) in [6, 6.07) is 11.8. The van der Waals surface area contributed by atoms with E-state index in [4.69, 9.17) is 10.5 Å². The molecule has 0 heterocycles. The Hall–Kier alpha value is -2.82. The van der Waals surface area contributed by atoms with E-state index in [0.29, 0.717) is 24.1 Å². The van der Waals surface area contributed by atoms with E-state index in [1.807, 2.05) is 6.07 Å². The molecular formula is C19H19FN2O2. The molecule has 5 heteroatoms. The van der Waals surface area contributed by atoms with Gasteiger partial charge in [0.1, 0.15) is 18.2 Å². The Kier molecular flexibility index (Phi) is 4.79. The van der Waals surface area contributed by atoms with E-state index in [1.165, 1.54) is 18.2 Å². The first-order valence-electron chi connectivity index (χ1n) is 7.85. The standard InChI is InChI=1S/C19H19FN2O2/c20-15-5-1-14(2-6-15)12-24-18-9-3-13(11-17(18)21)4-10-19(23)22-16-7-8-16/h1-6,9-11,16H,7-8,12,21H2,(H,22,23)/b10-4-. The number of ether oxygens (including phenoxy) is 1. The van der Waals surface area contributed by atoms with Crippen molar-refractivity contribution in [3.8, 4) is 5.75 Å². The van der Waals surface area contributed by atoms with E-state index >= 15 is 0 Å². The van der Waals surface area contributed by atoms with Crippen molar-refractivity contribution in [3.05, 3.63) is 65.5 Å². The van der Waals surface area contributed by atoms with Gasteiger partial charge in [-0.1, -0.05) is 18.2 Å². The number of rotatable bonds is 6. The summed E-state index contributed by atoms with van der Waals surface area (Å²) >= 11 is 0. The number of carbonyl (C=O) groups is 1. The second-order valence-corrected chi connectivity index (χ2v) is 5.83. The van der Waals surface area contributed by atoms with Crippen molar-refractivity contribution >= 4 is 17.7 Å². The van der Waals surface area contributed by atoms with Gasteiger partial charge in [0, 0.05) is 12.1 Å². The molecule has 0 bridgehead atoms. The molecule has 0 spiro atoms. The molecule has 0 radical (unpaired) electrons. The van der Waals surface area contributed by atoms with Crippen LogP contribution in [0.3, 0.4) is 0 Å². The van der Waals surface area contributed by atoms with Gasteiger partial charge in [0.15, 0.2) is 0 Å². The molecule has 124 valence electrons. The van der Waals surface area contributed by atoms with Crippen LogP contribution in [0.15, 0.2) is 48.5 Å². The number of nitrogens with two attached hydrogens (primary N) is 1. The fourth-order valence-electron chi connectivity index (χ4n) is 2.19. The average Bonchev–Trinajstić information content (AvgIpc) is 3.37. The van der Waals surface area contributed by atoms with Crippen molar-refractivity contribution in [2.45, 2.75) is 25.5 Å². The number of anilines is 1. The molecule has 2 aromatic rings. The molecule has 3 rings (SSSR count). The molecule has 0 aromatic heterocycles. The number of nitrogen functional groups attached to an aromatic ring is 1. The smallest absolute Gasteiger partial charge is 0.244 e. The molecule has 1 amide bonds. The third kappa shape index (κ3) is 4.59. The summed E-state index contributed by atoms with van der Waals surface area (Å²) in [5.74, 6) is 0.187. The van der Waals surface area contributed by atoms with E-state index in [-0.39, 0.29) is 11.7 Å². The van der Waals surface area contributed by atoms with Crippen LogP contribution in [0.2, 0.25) is 0 Å². The monoisotopic (exact) mass is 326 g/mol. The van der Waals surface area contributed by atoms with Gasteiger partial charge < -0.3 is 15.8 Å². The van der Waals surface area contributed by atoms with Crippen molar-refractivity contribution in [1.82, 2.24) is 5.32 Å². The van der Waals surface area contributed by atoms with Crippen molar-refractivity contribution < 1.29 is 13.9 Å². The normalized spacial score (nSPS) is 13.9. The summed E-state index contributed by atoms with van der Waals surface area (Å²) in [5, 5.41) is 2.88. The molecule has 0 atom stereocenters. The maximum Gasteiger partial charge on any atom is 0.244 e. The summed E-state index contributed by atoms with van der Waals surface area (Å²) in [7, 11) is 0. The first-order valence-corrected chi connectivity index (χ1v) is 7.85. The predicted molar refractivity (Wildman–Crippen MR) is 91.8 cm³/mol. The van der Waals surface area contributed by atoms with Crippen LogP contribution < -0.4 is 15.8 Å². The Morgan fingerprint density at radius 1 is 1.25 bits per heavy atom. The highest BCUT2D eigenvalue weighted by molar-refractivity contribution is 5.92. The van der Waals surface area contributed by atoms with Crippen molar-refractivity contribution in [2.24, 2.45) is 0 Å². The van der Waals surface area contributed by atoms with Gasteiger partial charge in [0.2, 0.25) is 5.91 Å². The molecule has 4 nitrogen and oxygen atoms in total. The van der Waals surface area contributed by atoms with Gasteiger partial charge in [0.25, 0.3) is 0 Å². The molecule has 0 aliphatic heterocycles. The number of benzene rings is 2. The van der Waals surface area contributed by atoms with Crippen LogP contribution in [-0.4, -0.2) is 11.9 Å². The SMILES string of the molecule is Nc1cc(/C=C\C(=O)NC2CC2)ccc1OCc1ccc(F)cc1. The van der Waals surface area contributed by atoms with Crippen LogP contribution in [0.25, 0.3) is 6.08 Å². The maximum absolute atomic E-state index is 12.9. The van der Waals surface area contributed by atoms with Gasteiger partial charge in [-0.3, -0.25) is 4.79 Å². The highest BCUT2D eigenvalue weighted by Crippen LogP contribution is 2.24. The highest BCUT2D eigenvalue weighted by Gasteiger charge is 2.21. The molecular weight excluding hydrogens is 307 g/mol. The topological polar surface area (TPSA) is 64.4 Å². The van der Waals surface area contributed by atoms with Crippen LogP contribution in [0.1, 0.15) is 24.0 Å². The van der Waals surface area contributed by atoms with Crippen LogP contribution in [0.4, 0.5) is 10.1 Å². The van der Waals surface area contributed by atoms with Gasteiger partial charge in [0.05, 0.1) is 5.69 Å². The molecule has 1 fully saturated rings. The summed E-state index contributed by atoms with van der Waals surface area (Å²) in [4.78, 5) is 11.6. The Balaban J connectivity index is 1.58. The number of nitrogens with one attached hydrogen (secondary N) is 1. The number of hydrogen-bond acceptors (Lipinski definition) is 3. The Bertz CT molecular complexity index is 752. The van der Waals surface area contributed by atoms with Gasteiger partial charge in [-0.05, 0) is 54.3 Å². The molecule has 1 aliphatic rings. The van der Waals surface area contributed by atoms with Crippen LogP contribution in [0.5, 0.6) is 5.75 Å². The Morgan fingerprint density at radius 2 is 2.00 bits per heavy atom. The minimum Gasteiger partial charge on any atom is -0.487 e. The molecule has 1 saturated carbocycles. The lowest BCUT2D eigenvalue weighted by molar-refractivity contribution is -0.116. The molecule has 3 N–H and O–H groups in total. The Morgan fingerprint density at radius 3 is 2.67 bits per heavy atom. The second-order valence-electron chi connectivity index (χ2n) is 5.83. The summed E-state index contributed by atoms with van der Waals surface area (Å²) in [6.07, 6.45) is 5.35. The lowest BCUT2D eigenvalue weighted by atomic mass is 10.1. The lowest BCUT2D eigenvalue weighted by Crippen LogP contribution is -2.22. The Labute approximate surface area is 140 Å². The van der Waals surface area contributed by atoms with Gasteiger partial charge in [-0.15, -0.1) is 0 Å². The fraction of sp³-hybridized carbons (Fsp3) is 0.211. The molecule has 0 unspecified atom stereocenters. The number of carbonyl (C=O) groups excluding carboxylic acids is 1. The highest BCUT2D eigenvalue weighted by atomic mass is 19.1. The number of halogens is 1. The third-order valence-electron chi connectivity index (χ3n) is 3.69. The van der Waals surface area contributed by atoms with E-state index in [2.05, 4.69) is 5.32 Å². The average molecular weight is 326 g/mol.